The first-order valence-corrected chi connectivity index (χ1v) is 11.3. The fourth-order valence-corrected chi connectivity index (χ4v) is 5.20. The number of aliphatic carboxylic acids is 2. The lowest BCUT2D eigenvalue weighted by Gasteiger charge is -2.38. The minimum Gasteiger partial charge on any atom is -0.481 e. The van der Waals surface area contributed by atoms with Gasteiger partial charge in [-0.05, 0) is 59.6 Å². The van der Waals surface area contributed by atoms with Crippen LogP contribution in [0.2, 0.25) is 0 Å². The zero-order valence-corrected chi connectivity index (χ0v) is 19.5. The zero-order chi connectivity index (χ0) is 23.5. The molecule has 0 heterocycles. The lowest BCUT2D eigenvalue weighted by atomic mass is 9.66. The molecule has 2 aliphatic rings. The van der Waals surface area contributed by atoms with E-state index in [9.17, 15) is 9.59 Å². The van der Waals surface area contributed by atoms with Crippen molar-refractivity contribution in [3.8, 4) is 0 Å². The standard InChI is InChI=1S/C28H32O4/c1-17-14-22-23(27(4,5)11-10-26(22,2)3)16-21(17)28(12-13-28)19-8-6-18(7-9-19)15-20(24(29)30)25(31)32/h6-11,14,16,20H,12-13,15H2,1-5H3,(H,29,30)(H,31,32). The normalized spacial score (nSPS) is 19.4. The average Bonchev–Trinajstić information content (AvgIpc) is 3.51. The van der Waals surface area contributed by atoms with Crippen molar-refractivity contribution in [3.63, 3.8) is 0 Å². The van der Waals surface area contributed by atoms with Crippen molar-refractivity contribution in [1.82, 2.24) is 0 Å². The van der Waals surface area contributed by atoms with E-state index < -0.39 is 17.9 Å². The summed E-state index contributed by atoms with van der Waals surface area (Å²) < 4.78 is 0. The number of aryl methyl sites for hydroxylation is 1. The van der Waals surface area contributed by atoms with Gasteiger partial charge in [0.15, 0.2) is 5.92 Å². The molecule has 4 rings (SSSR count). The molecule has 32 heavy (non-hydrogen) atoms. The van der Waals surface area contributed by atoms with Crippen molar-refractivity contribution in [3.05, 3.63) is 81.9 Å². The molecule has 1 saturated carbocycles. The van der Waals surface area contributed by atoms with Crippen LogP contribution in [-0.4, -0.2) is 22.2 Å². The predicted molar refractivity (Wildman–Crippen MR) is 125 cm³/mol. The third kappa shape index (κ3) is 3.66. The van der Waals surface area contributed by atoms with E-state index in [1.165, 1.54) is 27.8 Å². The van der Waals surface area contributed by atoms with Gasteiger partial charge < -0.3 is 10.2 Å². The topological polar surface area (TPSA) is 74.6 Å². The van der Waals surface area contributed by atoms with Crippen molar-refractivity contribution < 1.29 is 19.8 Å². The molecular formula is C28H32O4. The van der Waals surface area contributed by atoms with Crippen molar-refractivity contribution in [2.75, 3.05) is 0 Å². The van der Waals surface area contributed by atoms with Gasteiger partial charge in [-0.3, -0.25) is 9.59 Å². The maximum atomic E-state index is 11.2. The van der Waals surface area contributed by atoms with Gasteiger partial charge in [0.2, 0.25) is 0 Å². The SMILES string of the molecule is Cc1cc2c(cc1C1(c3ccc(CC(C(=O)O)C(=O)O)cc3)CC1)C(C)(C)C=CC2(C)C. The second-order valence-electron chi connectivity index (χ2n) is 10.7. The summed E-state index contributed by atoms with van der Waals surface area (Å²) in [6.07, 6.45) is 6.80. The van der Waals surface area contributed by atoms with Crippen LogP contribution >= 0.6 is 0 Å². The highest BCUT2D eigenvalue weighted by Gasteiger charge is 2.48. The monoisotopic (exact) mass is 432 g/mol. The molecule has 0 bridgehead atoms. The van der Waals surface area contributed by atoms with E-state index in [1.807, 2.05) is 12.1 Å². The Bertz CT molecular complexity index is 1100. The lowest BCUT2D eigenvalue weighted by molar-refractivity contribution is -0.154. The quantitative estimate of drug-likeness (QED) is 0.465. The molecule has 0 aromatic heterocycles. The number of carboxylic acids is 2. The van der Waals surface area contributed by atoms with Gasteiger partial charge in [-0.25, -0.2) is 0 Å². The number of fused-ring (bicyclic) bond motifs is 1. The molecule has 4 nitrogen and oxygen atoms in total. The van der Waals surface area contributed by atoms with Crippen LogP contribution < -0.4 is 0 Å². The van der Waals surface area contributed by atoms with E-state index in [4.69, 9.17) is 10.2 Å². The molecule has 0 amide bonds. The van der Waals surface area contributed by atoms with Crippen LogP contribution in [0.25, 0.3) is 0 Å². The van der Waals surface area contributed by atoms with Gasteiger partial charge in [-0.2, -0.15) is 0 Å². The maximum absolute atomic E-state index is 11.2. The van der Waals surface area contributed by atoms with Gasteiger partial charge in [-0.1, -0.05) is 76.2 Å². The highest BCUT2D eigenvalue weighted by Crippen LogP contribution is 2.56. The Hall–Kier alpha value is -2.88. The Morgan fingerprint density at radius 1 is 0.844 bits per heavy atom. The van der Waals surface area contributed by atoms with E-state index >= 15 is 0 Å². The first-order chi connectivity index (χ1) is 14.9. The van der Waals surface area contributed by atoms with Crippen LogP contribution in [0.4, 0.5) is 0 Å². The van der Waals surface area contributed by atoms with Gasteiger partial charge in [0.05, 0.1) is 0 Å². The van der Waals surface area contributed by atoms with Crippen molar-refractivity contribution in [2.24, 2.45) is 5.92 Å². The summed E-state index contributed by atoms with van der Waals surface area (Å²) in [4.78, 5) is 22.5. The summed E-state index contributed by atoms with van der Waals surface area (Å²) in [5.41, 5.74) is 7.39. The minimum absolute atomic E-state index is 0.00851. The highest BCUT2D eigenvalue weighted by atomic mass is 16.4. The van der Waals surface area contributed by atoms with E-state index in [2.05, 4.69) is 71.0 Å². The summed E-state index contributed by atoms with van der Waals surface area (Å²) in [6.45, 7) is 11.3. The van der Waals surface area contributed by atoms with Crippen molar-refractivity contribution in [1.29, 1.82) is 0 Å². The third-order valence-corrected chi connectivity index (χ3v) is 7.48. The van der Waals surface area contributed by atoms with Crippen LogP contribution in [0.15, 0.2) is 48.6 Å². The molecule has 2 aliphatic carbocycles. The van der Waals surface area contributed by atoms with Crippen LogP contribution in [-0.2, 0) is 32.3 Å². The average molecular weight is 433 g/mol. The molecule has 0 atom stereocenters. The van der Waals surface area contributed by atoms with E-state index in [0.29, 0.717) is 0 Å². The van der Waals surface area contributed by atoms with Gasteiger partial charge in [0.25, 0.3) is 0 Å². The molecular weight excluding hydrogens is 400 g/mol. The van der Waals surface area contributed by atoms with Crippen LogP contribution in [0.3, 0.4) is 0 Å². The molecule has 2 N–H and O–H groups in total. The second kappa shape index (κ2) is 7.33. The Kier molecular flexibility index (Phi) is 5.11. The molecule has 2 aromatic carbocycles. The number of carbonyl (C=O) groups is 2. The van der Waals surface area contributed by atoms with Crippen molar-refractivity contribution >= 4 is 11.9 Å². The molecule has 4 heteroatoms. The third-order valence-electron chi connectivity index (χ3n) is 7.48. The summed E-state index contributed by atoms with van der Waals surface area (Å²) in [5.74, 6) is -4.02. The number of carboxylic acid groups (broad SMARTS) is 2. The first kappa shape index (κ1) is 22.3. The largest absolute Gasteiger partial charge is 0.481 e. The second-order valence-corrected chi connectivity index (χ2v) is 10.7. The van der Waals surface area contributed by atoms with E-state index in [0.717, 1.165) is 18.4 Å². The number of allylic oxidation sites excluding steroid dienone is 2. The summed E-state index contributed by atoms with van der Waals surface area (Å²) in [7, 11) is 0. The Morgan fingerprint density at radius 2 is 1.34 bits per heavy atom. The summed E-state index contributed by atoms with van der Waals surface area (Å²) in [6, 6.07) is 12.7. The Balaban J connectivity index is 1.70. The van der Waals surface area contributed by atoms with Gasteiger partial charge in [-0.15, -0.1) is 0 Å². The fourth-order valence-electron chi connectivity index (χ4n) is 5.20. The number of hydrogen-bond acceptors (Lipinski definition) is 2. The smallest absolute Gasteiger partial charge is 0.318 e. The first-order valence-electron chi connectivity index (χ1n) is 11.3. The minimum atomic E-state index is -1.42. The van der Waals surface area contributed by atoms with Crippen LogP contribution in [0, 0.1) is 12.8 Å². The Labute approximate surface area is 190 Å². The molecule has 0 aliphatic heterocycles. The molecule has 0 radical (unpaired) electrons. The Morgan fingerprint density at radius 3 is 1.81 bits per heavy atom. The fraction of sp³-hybridized carbons (Fsp3) is 0.429. The molecule has 168 valence electrons. The zero-order valence-electron chi connectivity index (χ0n) is 19.5. The van der Waals surface area contributed by atoms with E-state index in [-0.39, 0.29) is 22.7 Å². The number of benzene rings is 2. The molecule has 0 spiro atoms. The van der Waals surface area contributed by atoms with Gasteiger partial charge >= 0.3 is 11.9 Å². The highest BCUT2D eigenvalue weighted by molar-refractivity contribution is 5.93. The van der Waals surface area contributed by atoms with Gasteiger partial charge in [0.1, 0.15) is 0 Å². The van der Waals surface area contributed by atoms with Crippen molar-refractivity contribution in [2.45, 2.75) is 70.1 Å². The number of rotatable bonds is 6. The molecule has 0 unspecified atom stereocenters. The maximum Gasteiger partial charge on any atom is 0.318 e. The molecule has 1 fully saturated rings. The molecule has 2 aromatic rings. The summed E-state index contributed by atoms with van der Waals surface area (Å²) >= 11 is 0. The lowest BCUT2D eigenvalue weighted by Crippen LogP contribution is -2.30. The van der Waals surface area contributed by atoms with Crippen LogP contribution in [0.5, 0.6) is 0 Å². The summed E-state index contributed by atoms with van der Waals surface area (Å²) in [5, 5.41) is 18.3. The van der Waals surface area contributed by atoms with Gasteiger partial charge in [0, 0.05) is 16.2 Å². The molecule has 0 saturated heterocycles. The van der Waals surface area contributed by atoms with E-state index in [1.54, 1.807) is 0 Å². The number of hydrogen-bond donors (Lipinski definition) is 2. The predicted octanol–water partition coefficient (Wildman–Crippen LogP) is 5.53. The van der Waals surface area contributed by atoms with Crippen LogP contribution in [0.1, 0.15) is 73.9 Å².